The summed E-state index contributed by atoms with van der Waals surface area (Å²) in [6.45, 7) is 0.281. The van der Waals surface area contributed by atoms with Crippen molar-refractivity contribution in [1.82, 2.24) is 9.88 Å². The summed E-state index contributed by atoms with van der Waals surface area (Å²) >= 11 is 4.56. The average Bonchev–Trinajstić information content (AvgIpc) is 3.15. The van der Waals surface area contributed by atoms with Gasteiger partial charge in [0.1, 0.15) is 10.7 Å². The molecule has 0 fully saturated rings. The van der Waals surface area contributed by atoms with Crippen LogP contribution in [0.3, 0.4) is 0 Å². The number of amides is 1. The second kappa shape index (κ2) is 10.3. The zero-order valence-corrected chi connectivity index (χ0v) is 19.8. The minimum absolute atomic E-state index is 0.106. The number of para-hydroxylation sites is 1. The van der Waals surface area contributed by atoms with Crippen LogP contribution in [-0.2, 0) is 11.3 Å². The molecule has 5 nitrogen and oxygen atoms in total. The number of hydrogen-bond acceptors (Lipinski definition) is 4. The normalized spacial score (nSPS) is 12.2. The monoisotopic (exact) mass is 515 g/mol. The van der Waals surface area contributed by atoms with Gasteiger partial charge >= 0.3 is 0 Å². The van der Waals surface area contributed by atoms with Crippen molar-refractivity contribution in [2.45, 2.75) is 6.54 Å². The molecule has 1 aromatic heterocycles. The molecule has 0 aliphatic rings. The van der Waals surface area contributed by atoms with Gasteiger partial charge in [-0.2, -0.15) is 5.26 Å². The molecule has 4 rings (SSSR count). The number of nitriles is 1. The van der Waals surface area contributed by atoms with Gasteiger partial charge in [0, 0.05) is 11.0 Å². The van der Waals surface area contributed by atoms with E-state index in [4.69, 9.17) is 0 Å². The number of rotatable bonds is 5. The van der Waals surface area contributed by atoms with Crippen molar-refractivity contribution in [3.05, 3.63) is 120 Å². The summed E-state index contributed by atoms with van der Waals surface area (Å²) in [5.74, 6) is -0.527. The molecule has 0 radical (unpaired) electrons. The van der Waals surface area contributed by atoms with Crippen molar-refractivity contribution < 1.29 is 4.79 Å². The Kier molecular flexibility index (Phi) is 6.98. The highest BCUT2D eigenvalue weighted by molar-refractivity contribution is 9.10. The van der Waals surface area contributed by atoms with Crippen molar-refractivity contribution in [3.8, 4) is 11.8 Å². The zero-order chi connectivity index (χ0) is 23.2. The fourth-order valence-electron chi connectivity index (χ4n) is 3.27. The maximum absolute atomic E-state index is 13.4. The predicted molar refractivity (Wildman–Crippen MR) is 134 cm³/mol. The van der Waals surface area contributed by atoms with E-state index in [1.165, 1.54) is 4.57 Å². The van der Waals surface area contributed by atoms with Gasteiger partial charge in [0.15, 0.2) is 5.57 Å². The molecule has 0 unspecified atom stereocenters. The molecule has 0 atom stereocenters. The van der Waals surface area contributed by atoms with E-state index >= 15 is 0 Å². The molecule has 0 saturated carbocycles. The Labute approximate surface area is 202 Å². The Morgan fingerprint density at radius 3 is 2.39 bits per heavy atom. The van der Waals surface area contributed by atoms with Gasteiger partial charge in [-0.05, 0) is 41.5 Å². The Hall–Kier alpha value is -3.73. The van der Waals surface area contributed by atoms with Gasteiger partial charge in [0.25, 0.3) is 11.5 Å². The van der Waals surface area contributed by atoms with E-state index in [0.29, 0.717) is 14.9 Å². The van der Waals surface area contributed by atoms with Gasteiger partial charge < -0.3 is 5.32 Å². The molecule has 0 saturated heterocycles. The first-order valence-corrected chi connectivity index (χ1v) is 11.7. The van der Waals surface area contributed by atoms with E-state index in [2.05, 4.69) is 21.2 Å². The highest BCUT2D eigenvalue weighted by atomic mass is 79.9. The van der Waals surface area contributed by atoms with Gasteiger partial charge in [0.2, 0.25) is 0 Å². The van der Waals surface area contributed by atoms with E-state index in [9.17, 15) is 14.9 Å². The maximum atomic E-state index is 13.4. The lowest BCUT2D eigenvalue weighted by Gasteiger charge is -2.06. The molecule has 1 heterocycles. The molecule has 3 aromatic carbocycles. The number of carbonyl (C=O) groups is 1. The lowest BCUT2D eigenvalue weighted by atomic mass is 10.2. The predicted octanol–water partition coefficient (Wildman–Crippen LogP) is 3.48. The molecule has 0 aliphatic heterocycles. The van der Waals surface area contributed by atoms with Gasteiger partial charge in [0.05, 0.1) is 10.2 Å². The number of halogens is 1. The minimum atomic E-state index is -0.527. The van der Waals surface area contributed by atoms with Crippen LogP contribution < -0.4 is 20.1 Å². The average molecular weight is 516 g/mol. The largest absolute Gasteiger partial charge is 0.347 e. The molecule has 0 spiro atoms. The van der Waals surface area contributed by atoms with E-state index in [0.717, 1.165) is 26.9 Å². The Balaban J connectivity index is 1.88. The molecule has 1 amide bonds. The highest BCUT2D eigenvalue weighted by Crippen LogP contribution is 2.12. The van der Waals surface area contributed by atoms with Gasteiger partial charge in [-0.15, -0.1) is 11.3 Å². The number of nitrogens with one attached hydrogen (secondary N) is 1. The molecule has 1 N–H and O–H groups in total. The molecule has 0 aliphatic carbocycles. The van der Waals surface area contributed by atoms with Crippen molar-refractivity contribution >= 4 is 44.8 Å². The maximum Gasteiger partial charge on any atom is 0.273 e. The van der Waals surface area contributed by atoms with Crippen LogP contribution in [0.4, 0.5) is 0 Å². The van der Waals surface area contributed by atoms with Crippen LogP contribution in [0.1, 0.15) is 11.1 Å². The van der Waals surface area contributed by atoms with Crippen LogP contribution in [-0.4, -0.2) is 10.5 Å². The van der Waals surface area contributed by atoms with E-state index in [1.807, 2.05) is 78.9 Å². The van der Waals surface area contributed by atoms with Crippen LogP contribution >= 0.6 is 27.3 Å². The van der Waals surface area contributed by atoms with Crippen LogP contribution in [0, 0.1) is 11.3 Å². The fourth-order valence-corrected chi connectivity index (χ4v) is 4.79. The topological polar surface area (TPSA) is 74.9 Å². The Bertz CT molecular complexity index is 1520. The third-order valence-corrected chi connectivity index (χ3v) is 6.42. The number of thiazole rings is 1. The highest BCUT2D eigenvalue weighted by Gasteiger charge is 2.16. The number of nitrogens with zero attached hydrogens (tertiary/aromatic N) is 2. The number of hydrogen-bond donors (Lipinski definition) is 1. The number of benzene rings is 3. The Morgan fingerprint density at radius 1 is 1.03 bits per heavy atom. The van der Waals surface area contributed by atoms with E-state index in [-0.39, 0.29) is 17.7 Å². The smallest absolute Gasteiger partial charge is 0.273 e. The van der Waals surface area contributed by atoms with Crippen molar-refractivity contribution in [2.24, 2.45) is 0 Å². The van der Waals surface area contributed by atoms with Crippen molar-refractivity contribution in [2.75, 3.05) is 0 Å². The lowest BCUT2D eigenvalue weighted by Crippen LogP contribution is -2.33. The van der Waals surface area contributed by atoms with Crippen LogP contribution in [0.5, 0.6) is 0 Å². The molecule has 0 bridgehead atoms. The molecule has 4 aromatic rings. The summed E-state index contributed by atoms with van der Waals surface area (Å²) in [6, 6.07) is 28.0. The first kappa shape index (κ1) is 22.5. The Morgan fingerprint density at radius 2 is 1.73 bits per heavy atom. The first-order valence-electron chi connectivity index (χ1n) is 10.1. The third kappa shape index (κ3) is 5.20. The lowest BCUT2D eigenvalue weighted by molar-refractivity contribution is -0.115. The summed E-state index contributed by atoms with van der Waals surface area (Å²) in [7, 11) is 0. The van der Waals surface area contributed by atoms with Crippen LogP contribution in [0.2, 0.25) is 0 Å². The van der Waals surface area contributed by atoms with Crippen molar-refractivity contribution in [3.63, 3.8) is 0 Å². The number of carbonyl (C=O) groups excluding carboxylic acids is 1. The summed E-state index contributed by atoms with van der Waals surface area (Å²) in [5.41, 5.74) is 1.95. The first-order chi connectivity index (χ1) is 16.1. The molecular formula is C26H18BrN3O2S. The van der Waals surface area contributed by atoms with Crippen LogP contribution in [0.25, 0.3) is 17.3 Å². The molecule has 7 heteroatoms. The SMILES string of the molecule is N#CC(C(=O)NCc1ccccc1)=c1sc(=Cc2cccc(Br)c2)c(=O)n1-c1ccccc1. The standard InChI is InChI=1S/C26H18BrN3O2S/c27-20-11-7-10-19(14-20)15-23-25(32)30(21-12-5-2-6-13-21)26(33-23)22(16-28)24(31)29-17-18-8-3-1-4-9-18/h1-15H,17H2,(H,29,31). The second-order valence-corrected chi connectivity index (χ2v) is 9.05. The number of aromatic nitrogens is 1. The summed E-state index contributed by atoms with van der Waals surface area (Å²) in [6.07, 6.45) is 1.76. The quantitative estimate of drug-likeness (QED) is 0.442. The van der Waals surface area contributed by atoms with Crippen molar-refractivity contribution in [1.29, 1.82) is 5.26 Å². The van der Waals surface area contributed by atoms with Gasteiger partial charge in [-0.1, -0.05) is 76.6 Å². The summed E-state index contributed by atoms with van der Waals surface area (Å²) in [4.78, 5) is 26.3. The third-order valence-electron chi connectivity index (χ3n) is 4.83. The zero-order valence-electron chi connectivity index (χ0n) is 17.4. The minimum Gasteiger partial charge on any atom is -0.347 e. The van der Waals surface area contributed by atoms with E-state index in [1.54, 1.807) is 18.2 Å². The second-order valence-electron chi connectivity index (χ2n) is 7.10. The van der Waals surface area contributed by atoms with E-state index < -0.39 is 5.91 Å². The fraction of sp³-hybridized carbons (Fsp3) is 0.0385. The molecule has 162 valence electrons. The van der Waals surface area contributed by atoms with Gasteiger partial charge in [-0.3, -0.25) is 14.2 Å². The summed E-state index contributed by atoms with van der Waals surface area (Å²) in [5, 5.41) is 12.7. The van der Waals surface area contributed by atoms with Crippen LogP contribution in [0.15, 0.2) is 94.2 Å². The molecular weight excluding hydrogens is 498 g/mol. The molecule has 33 heavy (non-hydrogen) atoms. The van der Waals surface area contributed by atoms with Gasteiger partial charge in [-0.25, -0.2) is 0 Å². The summed E-state index contributed by atoms with van der Waals surface area (Å²) < 4.78 is 3.03.